The molecule has 1 nitrogen and oxygen atoms in total. The second kappa shape index (κ2) is 11.7. The quantitative estimate of drug-likeness (QED) is 0.290. The number of rotatable bonds is 13. The fourth-order valence-corrected chi connectivity index (χ4v) is 3.70. The van der Waals surface area contributed by atoms with Crippen LogP contribution in [0.1, 0.15) is 77.2 Å². The molecule has 0 saturated heterocycles. The molecule has 1 aromatic carbocycles. The number of benzene rings is 1. The maximum atomic E-state index is 2.44. The fraction of sp³-hybridized carbons (Fsp3) is 0.727. The van der Waals surface area contributed by atoms with E-state index in [1.807, 2.05) is 0 Å². The van der Waals surface area contributed by atoms with Crippen molar-refractivity contribution in [3.05, 3.63) is 35.9 Å². The van der Waals surface area contributed by atoms with E-state index >= 15 is 0 Å². The van der Waals surface area contributed by atoms with Gasteiger partial charge in [0.2, 0.25) is 0 Å². The van der Waals surface area contributed by atoms with E-state index in [9.17, 15) is 0 Å². The Balaban J connectivity index is 2.11. The van der Waals surface area contributed by atoms with Crippen LogP contribution in [0.4, 0.5) is 0 Å². The minimum Gasteiger partial charge on any atom is -0.325 e. The van der Waals surface area contributed by atoms with Crippen LogP contribution in [0.2, 0.25) is 0 Å². The molecular formula is C22H40N+. The van der Waals surface area contributed by atoms with Crippen molar-refractivity contribution in [3.8, 4) is 0 Å². The van der Waals surface area contributed by atoms with Crippen LogP contribution in [0, 0.1) is 5.92 Å². The molecule has 1 atom stereocenters. The van der Waals surface area contributed by atoms with Crippen molar-refractivity contribution < 1.29 is 4.48 Å². The van der Waals surface area contributed by atoms with Crippen molar-refractivity contribution in [1.29, 1.82) is 0 Å². The van der Waals surface area contributed by atoms with Crippen LogP contribution in [0.3, 0.4) is 0 Å². The summed E-state index contributed by atoms with van der Waals surface area (Å²) in [5.74, 6) is 0.828. The van der Waals surface area contributed by atoms with Crippen LogP contribution in [0.15, 0.2) is 30.3 Å². The molecule has 0 aliphatic carbocycles. The molecule has 0 spiro atoms. The third-order valence-electron chi connectivity index (χ3n) is 4.81. The van der Waals surface area contributed by atoms with Crippen LogP contribution in [-0.4, -0.2) is 25.1 Å². The van der Waals surface area contributed by atoms with Crippen molar-refractivity contribution in [2.24, 2.45) is 5.92 Å². The summed E-state index contributed by atoms with van der Waals surface area (Å²) in [6.07, 6.45) is 12.8. The molecule has 132 valence electrons. The molecule has 0 fully saturated rings. The number of nitrogens with zero attached hydrogens (tertiary/aromatic N) is 1. The molecule has 0 heterocycles. The summed E-state index contributed by atoms with van der Waals surface area (Å²) in [6, 6.07) is 10.9. The first-order chi connectivity index (χ1) is 11.0. The molecule has 1 unspecified atom stereocenters. The molecule has 1 rings (SSSR count). The van der Waals surface area contributed by atoms with E-state index in [-0.39, 0.29) is 0 Å². The zero-order valence-corrected chi connectivity index (χ0v) is 16.2. The first-order valence-electron chi connectivity index (χ1n) is 9.89. The predicted molar refractivity (Wildman–Crippen MR) is 104 cm³/mol. The van der Waals surface area contributed by atoms with Crippen molar-refractivity contribution in [2.75, 3.05) is 20.6 Å². The molecule has 1 aromatic rings. The van der Waals surface area contributed by atoms with Crippen molar-refractivity contribution in [2.45, 2.75) is 78.2 Å². The van der Waals surface area contributed by atoms with Crippen LogP contribution < -0.4 is 0 Å². The van der Waals surface area contributed by atoms with Gasteiger partial charge in [-0.1, -0.05) is 95.5 Å². The van der Waals surface area contributed by atoms with Gasteiger partial charge in [-0.2, -0.15) is 0 Å². The molecule has 0 radical (unpaired) electrons. The van der Waals surface area contributed by atoms with Crippen LogP contribution in [-0.2, 0) is 6.54 Å². The Morgan fingerprint density at radius 3 is 2.00 bits per heavy atom. The Hall–Kier alpha value is -0.820. The van der Waals surface area contributed by atoms with E-state index in [0.717, 1.165) is 16.9 Å². The monoisotopic (exact) mass is 318 g/mol. The average Bonchev–Trinajstić information content (AvgIpc) is 2.50. The lowest BCUT2D eigenvalue weighted by molar-refractivity contribution is -0.906. The number of hydrogen-bond acceptors (Lipinski definition) is 0. The first-order valence-corrected chi connectivity index (χ1v) is 9.89. The maximum absolute atomic E-state index is 2.44. The van der Waals surface area contributed by atoms with Gasteiger partial charge in [0.05, 0.1) is 20.6 Å². The standard InChI is InChI=1S/C22H40N/c1-5-6-7-8-9-10-11-13-16-21(2)19-23(3,4)20-22-17-14-12-15-18-22/h12,14-15,17-18,21H,5-11,13,16,19-20H2,1-4H3/q+1. The Kier molecular flexibility index (Phi) is 10.3. The molecule has 0 N–H and O–H groups in total. The van der Waals surface area contributed by atoms with E-state index in [1.165, 1.54) is 69.9 Å². The number of quaternary nitrogens is 1. The van der Waals surface area contributed by atoms with Gasteiger partial charge in [0.25, 0.3) is 0 Å². The summed E-state index contributed by atoms with van der Waals surface area (Å²) < 4.78 is 1.10. The van der Waals surface area contributed by atoms with Gasteiger partial charge in [0, 0.05) is 11.5 Å². The van der Waals surface area contributed by atoms with Crippen molar-refractivity contribution >= 4 is 0 Å². The maximum Gasteiger partial charge on any atom is 0.104 e. The largest absolute Gasteiger partial charge is 0.325 e. The zero-order chi connectivity index (χ0) is 17.0. The molecule has 0 aromatic heterocycles. The van der Waals surface area contributed by atoms with E-state index in [1.54, 1.807) is 0 Å². The minimum atomic E-state index is 0.828. The summed E-state index contributed by atoms with van der Waals surface area (Å²) >= 11 is 0. The van der Waals surface area contributed by atoms with Crippen molar-refractivity contribution in [3.63, 3.8) is 0 Å². The van der Waals surface area contributed by atoms with Crippen molar-refractivity contribution in [1.82, 2.24) is 0 Å². The van der Waals surface area contributed by atoms with Crippen LogP contribution >= 0.6 is 0 Å². The van der Waals surface area contributed by atoms with E-state index in [0.29, 0.717) is 0 Å². The SMILES string of the molecule is CCCCCCCCCCC(C)C[N+](C)(C)Cc1ccccc1. The highest BCUT2D eigenvalue weighted by Crippen LogP contribution is 2.17. The molecule has 0 bridgehead atoms. The Labute approximate surface area is 145 Å². The normalized spacial score (nSPS) is 13.2. The number of unbranched alkanes of at least 4 members (excludes halogenated alkanes) is 7. The van der Waals surface area contributed by atoms with Gasteiger partial charge in [-0.3, -0.25) is 0 Å². The van der Waals surface area contributed by atoms with E-state index < -0.39 is 0 Å². The molecule has 23 heavy (non-hydrogen) atoms. The lowest BCUT2D eigenvalue weighted by Crippen LogP contribution is -2.42. The van der Waals surface area contributed by atoms with E-state index in [4.69, 9.17) is 0 Å². The van der Waals surface area contributed by atoms with Gasteiger partial charge in [-0.25, -0.2) is 0 Å². The third kappa shape index (κ3) is 10.5. The Morgan fingerprint density at radius 1 is 0.826 bits per heavy atom. The summed E-state index contributed by atoms with van der Waals surface area (Å²) in [7, 11) is 4.74. The topological polar surface area (TPSA) is 0 Å². The predicted octanol–water partition coefficient (Wildman–Crippen LogP) is 6.43. The Morgan fingerprint density at radius 2 is 1.39 bits per heavy atom. The highest BCUT2D eigenvalue weighted by molar-refractivity contribution is 5.13. The lowest BCUT2D eigenvalue weighted by Gasteiger charge is -2.32. The second-order valence-electron chi connectivity index (χ2n) is 8.13. The summed E-state index contributed by atoms with van der Waals surface area (Å²) in [5.41, 5.74) is 1.46. The van der Waals surface area contributed by atoms with Gasteiger partial charge in [0.1, 0.15) is 6.54 Å². The van der Waals surface area contributed by atoms with Gasteiger partial charge in [-0.15, -0.1) is 0 Å². The van der Waals surface area contributed by atoms with Gasteiger partial charge in [0.15, 0.2) is 0 Å². The average molecular weight is 319 g/mol. The Bertz CT molecular complexity index is 382. The summed E-state index contributed by atoms with van der Waals surface area (Å²) in [4.78, 5) is 0. The first kappa shape index (κ1) is 20.2. The van der Waals surface area contributed by atoms with Gasteiger partial charge >= 0.3 is 0 Å². The summed E-state index contributed by atoms with van der Waals surface area (Å²) in [5, 5.41) is 0. The van der Waals surface area contributed by atoms with E-state index in [2.05, 4.69) is 58.3 Å². The van der Waals surface area contributed by atoms with Crippen LogP contribution in [0.25, 0.3) is 0 Å². The smallest absolute Gasteiger partial charge is 0.104 e. The second-order valence-corrected chi connectivity index (χ2v) is 8.13. The molecule has 0 saturated carbocycles. The molecule has 0 aliphatic rings. The molecule has 0 amide bonds. The van der Waals surface area contributed by atoms with Crippen LogP contribution in [0.5, 0.6) is 0 Å². The van der Waals surface area contributed by atoms with Gasteiger partial charge < -0.3 is 4.48 Å². The summed E-state index contributed by atoms with van der Waals surface area (Å²) in [6.45, 7) is 7.15. The highest BCUT2D eigenvalue weighted by atomic mass is 15.3. The number of hydrogen-bond donors (Lipinski definition) is 0. The fourth-order valence-electron chi connectivity index (χ4n) is 3.70. The molecule has 1 heteroatoms. The third-order valence-corrected chi connectivity index (χ3v) is 4.81. The lowest BCUT2D eigenvalue weighted by atomic mass is 10.00. The molecule has 0 aliphatic heterocycles. The molecular weight excluding hydrogens is 278 g/mol. The minimum absolute atomic E-state index is 0.828. The highest BCUT2D eigenvalue weighted by Gasteiger charge is 2.19. The zero-order valence-electron chi connectivity index (χ0n) is 16.2. The van der Waals surface area contributed by atoms with Gasteiger partial charge in [-0.05, 0) is 6.42 Å².